The zero-order valence-electron chi connectivity index (χ0n) is 20.7. The van der Waals surface area contributed by atoms with Gasteiger partial charge >= 0.3 is 18.1 Å². The van der Waals surface area contributed by atoms with Crippen LogP contribution in [-0.2, 0) is 14.8 Å². The third-order valence-corrected chi connectivity index (χ3v) is 7.65. The Bertz CT molecular complexity index is 1270. The van der Waals surface area contributed by atoms with E-state index in [4.69, 9.17) is 9.90 Å². The Balaban J connectivity index is 0.000000532. The fourth-order valence-electron chi connectivity index (χ4n) is 4.49. The number of rotatable bonds is 7. The maximum Gasteiger partial charge on any atom is 0.490 e. The first-order chi connectivity index (χ1) is 18.3. The molecule has 10 nitrogen and oxygen atoms in total. The van der Waals surface area contributed by atoms with Gasteiger partial charge < -0.3 is 20.0 Å². The molecule has 0 bridgehead atoms. The highest BCUT2D eigenvalue weighted by molar-refractivity contribution is 7.92. The first-order valence-corrected chi connectivity index (χ1v) is 13.5. The van der Waals surface area contributed by atoms with E-state index in [1.807, 2.05) is 4.90 Å². The average molecular weight is 577 g/mol. The number of aromatic nitrogens is 1. The van der Waals surface area contributed by atoms with Crippen LogP contribution in [0.1, 0.15) is 36.0 Å². The Morgan fingerprint density at radius 3 is 2.23 bits per heavy atom. The summed E-state index contributed by atoms with van der Waals surface area (Å²) in [5, 5.41) is 16.9. The van der Waals surface area contributed by atoms with Gasteiger partial charge in [0.1, 0.15) is 17.2 Å². The van der Waals surface area contributed by atoms with Gasteiger partial charge in [-0.2, -0.15) is 13.2 Å². The summed E-state index contributed by atoms with van der Waals surface area (Å²) in [6.07, 6.45) is 0.767. The number of alkyl halides is 3. The molecule has 0 spiro atoms. The molecule has 214 valence electrons. The normalized spacial score (nSPS) is 18.3. The number of pyridine rings is 1. The number of hydrogen-bond acceptors (Lipinski definition) is 7. The molecule has 2 saturated heterocycles. The van der Waals surface area contributed by atoms with Gasteiger partial charge in [0.15, 0.2) is 0 Å². The van der Waals surface area contributed by atoms with Crippen molar-refractivity contribution in [2.75, 3.05) is 42.3 Å². The number of aliphatic carboxylic acids is 1. The largest absolute Gasteiger partial charge is 0.490 e. The lowest BCUT2D eigenvalue weighted by Gasteiger charge is -2.36. The summed E-state index contributed by atoms with van der Waals surface area (Å²) in [6.45, 7) is 4.69. The van der Waals surface area contributed by atoms with E-state index >= 15 is 0 Å². The van der Waals surface area contributed by atoms with E-state index in [0.717, 1.165) is 63.3 Å². The van der Waals surface area contributed by atoms with Gasteiger partial charge in [-0.25, -0.2) is 27.4 Å². The Kier molecular flexibility index (Phi) is 9.72. The predicted molar refractivity (Wildman–Crippen MR) is 133 cm³/mol. The minimum Gasteiger partial charge on any atom is -0.478 e. The van der Waals surface area contributed by atoms with Crippen molar-refractivity contribution in [3.05, 3.63) is 47.9 Å². The number of carboxylic acid groups (broad SMARTS) is 2. The fraction of sp³-hybridized carbons (Fsp3) is 0.458. The van der Waals surface area contributed by atoms with E-state index in [2.05, 4.69) is 14.6 Å². The lowest BCUT2D eigenvalue weighted by atomic mass is 9.97. The van der Waals surface area contributed by atoms with Gasteiger partial charge in [-0.05, 0) is 75.0 Å². The molecule has 1 aromatic heterocycles. The highest BCUT2D eigenvalue weighted by atomic mass is 32.2. The molecular weight excluding hydrogens is 548 g/mol. The maximum atomic E-state index is 13.1. The van der Waals surface area contributed by atoms with Crippen LogP contribution in [0.5, 0.6) is 0 Å². The summed E-state index contributed by atoms with van der Waals surface area (Å²) in [5.74, 6) is -3.67. The number of likely N-dealkylation sites (tertiary alicyclic amines) is 1. The van der Waals surface area contributed by atoms with Crippen molar-refractivity contribution < 1.29 is 45.8 Å². The number of sulfonamides is 1. The van der Waals surface area contributed by atoms with Gasteiger partial charge in [-0.15, -0.1) is 0 Å². The first-order valence-electron chi connectivity index (χ1n) is 12.1. The van der Waals surface area contributed by atoms with Crippen LogP contribution < -0.4 is 9.62 Å². The molecule has 1 unspecified atom stereocenters. The summed E-state index contributed by atoms with van der Waals surface area (Å²) in [4.78, 5) is 29.5. The number of piperidine rings is 1. The minimum atomic E-state index is -5.08. The van der Waals surface area contributed by atoms with Gasteiger partial charge in [-0.3, -0.25) is 4.72 Å². The molecule has 0 saturated carbocycles. The molecule has 1 atom stereocenters. The molecule has 2 aliphatic heterocycles. The summed E-state index contributed by atoms with van der Waals surface area (Å²) in [6, 6.07) is 5.68. The van der Waals surface area contributed by atoms with E-state index in [1.54, 1.807) is 0 Å². The van der Waals surface area contributed by atoms with Crippen molar-refractivity contribution in [2.45, 2.75) is 36.8 Å². The third kappa shape index (κ3) is 8.51. The monoisotopic (exact) mass is 576 g/mol. The van der Waals surface area contributed by atoms with Crippen molar-refractivity contribution in [3.63, 3.8) is 0 Å². The van der Waals surface area contributed by atoms with Crippen molar-refractivity contribution >= 4 is 33.5 Å². The van der Waals surface area contributed by atoms with Crippen LogP contribution in [0.4, 0.5) is 29.1 Å². The van der Waals surface area contributed by atoms with Crippen LogP contribution in [0, 0.1) is 11.7 Å². The minimum absolute atomic E-state index is 0.0427. The molecule has 0 amide bonds. The molecule has 2 fully saturated rings. The second-order valence-corrected chi connectivity index (χ2v) is 10.9. The molecule has 4 rings (SSSR count). The molecule has 3 heterocycles. The zero-order valence-corrected chi connectivity index (χ0v) is 21.5. The number of carbonyl (C=O) groups is 2. The van der Waals surface area contributed by atoms with Gasteiger partial charge in [-0.1, -0.05) is 0 Å². The van der Waals surface area contributed by atoms with Gasteiger partial charge in [0, 0.05) is 19.6 Å². The van der Waals surface area contributed by atoms with Crippen LogP contribution in [0.3, 0.4) is 0 Å². The molecule has 1 aromatic carbocycles. The summed E-state index contributed by atoms with van der Waals surface area (Å²) >= 11 is 0. The molecular formula is C24H28F4N4O6S. The molecule has 39 heavy (non-hydrogen) atoms. The highest BCUT2D eigenvalue weighted by Crippen LogP contribution is 2.28. The second kappa shape index (κ2) is 12.6. The SMILES string of the molecule is O=C(O)C(F)(F)F.O=C(O)c1cc(NS(=O)(=O)c2ccc(F)cc2)cnc1N1CCCC(CN2CCCC2)C1. The smallest absolute Gasteiger partial charge is 0.478 e. The second-order valence-electron chi connectivity index (χ2n) is 9.22. The number of carboxylic acids is 2. The Labute approximate surface area is 222 Å². The summed E-state index contributed by atoms with van der Waals surface area (Å²) < 4.78 is 72.3. The molecule has 2 aromatic rings. The Morgan fingerprint density at radius 1 is 1.05 bits per heavy atom. The molecule has 0 radical (unpaired) electrons. The number of benzene rings is 1. The summed E-state index contributed by atoms with van der Waals surface area (Å²) in [5.41, 5.74) is -0.00719. The van der Waals surface area contributed by atoms with Gasteiger partial charge in [0.05, 0.1) is 16.8 Å². The topological polar surface area (TPSA) is 140 Å². The Hall–Kier alpha value is -3.46. The van der Waals surface area contributed by atoms with E-state index < -0.39 is 34.0 Å². The number of nitrogens with zero attached hydrogens (tertiary/aromatic N) is 3. The van der Waals surface area contributed by atoms with Crippen LogP contribution in [0.25, 0.3) is 0 Å². The number of aromatic carboxylic acids is 1. The number of halogens is 4. The van der Waals surface area contributed by atoms with Crippen LogP contribution in [-0.4, -0.2) is 79.4 Å². The standard InChI is InChI=1S/C22H27FN4O4S.C2HF3O2/c23-17-5-7-19(8-6-17)32(30,31)25-18-12-20(22(28)29)21(24-13-18)27-11-3-4-16(15-27)14-26-9-1-2-10-26;3-2(4,5)1(6)7/h5-8,12-13,16,25H,1-4,9-11,14-15H2,(H,28,29);(H,6,7). The van der Waals surface area contributed by atoms with Gasteiger partial charge in [0.2, 0.25) is 0 Å². The highest BCUT2D eigenvalue weighted by Gasteiger charge is 2.38. The lowest BCUT2D eigenvalue weighted by molar-refractivity contribution is -0.192. The van der Waals surface area contributed by atoms with Crippen LogP contribution >= 0.6 is 0 Å². The zero-order chi connectivity index (χ0) is 28.8. The van der Waals surface area contributed by atoms with E-state index in [9.17, 15) is 35.9 Å². The lowest BCUT2D eigenvalue weighted by Crippen LogP contribution is -2.41. The number of nitrogens with one attached hydrogen (secondary N) is 1. The molecule has 0 aliphatic carbocycles. The molecule has 2 aliphatic rings. The van der Waals surface area contributed by atoms with Crippen LogP contribution in [0.2, 0.25) is 0 Å². The maximum absolute atomic E-state index is 13.1. The first kappa shape index (κ1) is 30.1. The summed E-state index contributed by atoms with van der Waals surface area (Å²) in [7, 11) is -4.00. The van der Waals surface area contributed by atoms with Crippen LogP contribution in [0.15, 0.2) is 41.4 Å². The molecule has 15 heteroatoms. The predicted octanol–water partition coefficient (Wildman–Crippen LogP) is 3.67. The number of anilines is 2. The fourth-order valence-corrected chi connectivity index (χ4v) is 5.52. The van der Waals surface area contributed by atoms with Crippen molar-refractivity contribution in [1.82, 2.24) is 9.88 Å². The molecule has 3 N–H and O–H groups in total. The van der Waals surface area contributed by atoms with Crippen molar-refractivity contribution in [3.8, 4) is 0 Å². The third-order valence-electron chi connectivity index (χ3n) is 6.25. The van der Waals surface area contributed by atoms with E-state index in [1.165, 1.54) is 25.1 Å². The quantitative estimate of drug-likeness (QED) is 0.421. The van der Waals surface area contributed by atoms with E-state index in [-0.39, 0.29) is 16.1 Å². The van der Waals surface area contributed by atoms with E-state index in [0.29, 0.717) is 18.3 Å². The van der Waals surface area contributed by atoms with Crippen molar-refractivity contribution in [1.29, 1.82) is 0 Å². The Morgan fingerprint density at radius 2 is 1.67 bits per heavy atom. The van der Waals surface area contributed by atoms with Gasteiger partial charge in [0.25, 0.3) is 10.0 Å². The number of hydrogen-bond donors (Lipinski definition) is 3. The van der Waals surface area contributed by atoms with Crippen molar-refractivity contribution in [2.24, 2.45) is 5.92 Å². The average Bonchev–Trinajstić information content (AvgIpc) is 3.37.